The van der Waals surface area contributed by atoms with Crippen LogP contribution in [0.25, 0.3) is 5.82 Å². The molecule has 192 valence electrons. The Morgan fingerprint density at radius 3 is 2.69 bits per heavy atom. The maximum atomic E-state index is 13.4. The van der Waals surface area contributed by atoms with Crippen LogP contribution in [0.1, 0.15) is 18.4 Å². The van der Waals surface area contributed by atoms with Gasteiger partial charge in [-0.05, 0) is 48.6 Å². The van der Waals surface area contributed by atoms with Gasteiger partial charge in [-0.1, -0.05) is 29.3 Å². The average Bonchev–Trinajstić information content (AvgIpc) is 3.42. The molecule has 0 spiro atoms. The van der Waals surface area contributed by atoms with Crippen LogP contribution in [0.3, 0.4) is 0 Å². The number of carbonyl (C=O) groups excluding carboxylic acids is 1. The van der Waals surface area contributed by atoms with Crippen molar-refractivity contribution >= 4 is 40.9 Å². The first kappa shape index (κ1) is 26.2. The molecule has 2 aromatic heterocycles. The van der Waals surface area contributed by atoms with Crippen LogP contribution in [0.2, 0.25) is 10.0 Å². The molecule has 1 aliphatic rings. The van der Waals surface area contributed by atoms with Gasteiger partial charge in [-0.15, -0.1) is 0 Å². The summed E-state index contributed by atoms with van der Waals surface area (Å²) in [6, 6.07) is 10.4. The first-order valence-corrected chi connectivity index (χ1v) is 12.6. The van der Waals surface area contributed by atoms with E-state index in [4.69, 9.17) is 32.7 Å². The topological polar surface area (TPSA) is 102 Å². The first-order chi connectivity index (χ1) is 17.5. The van der Waals surface area contributed by atoms with E-state index in [9.17, 15) is 4.79 Å². The number of rotatable bonds is 11. The van der Waals surface area contributed by atoms with Crippen molar-refractivity contribution in [2.75, 3.05) is 44.1 Å². The second-order valence-electron chi connectivity index (χ2n) is 8.47. The van der Waals surface area contributed by atoms with Gasteiger partial charge in [0.05, 0.1) is 6.61 Å². The number of anilines is 2. The number of hydrogen-bond donors (Lipinski definition) is 3. The maximum Gasteiger partial charge on any atom is 0.243 e. The highest BCUT2D eigenvalue weighted by Crippen LogP contribution is 2.25. The Balaban J connectivity index is 1.56. The Bertz CT molecular complexity index is 1140. The lowest BCUT2D eigenvalue weighted by Crippen LogP contribution is -2.46. The van der Waals surface area contributed by atoms with Crippen LogP contribution in [0, 0.1) is 5.92 Å². The standard InChI is InChI=1S/C25H30Cl2N6O3/c1-35-13-8-28-25-31-21(15-22(32-25)33-9-2-3-10-33)30-23(17-6-11-36-12-7-17)24(34)29-16-18-4-5-19(26)14-20(18)27/h2-5,9-10,14-15,17,23H,6-8,11-13,16H2,1H3,(H,29,34)(H2,28,30,31,32). The summed E-state index contributed by atoms with van der Waals surface area (Å²) in [6.45, 7) is 2.58. The molecule has 11 heteroatoms. The molecule has 0 radical (unpaired) electrons. The minimum absolute atomic E-state index is 0.0781. The Kier molecular flexibility index (Phi) is 9.41. The van der Waals surface area contributed by atoms with Gasteiger partial charge in [0.1, 0.15) is 17.7 Å². The molecule has 0 saturated carbocycles. The van der Waals surface area contributed by atoms with Crippen molar-refractivity contribution in [3.05, 3.63) is 64.4 Å². The molecule has 1 aliphatic heterocycles. The number of halogens is 2. The monoisotopic (exact) mass is 532 g/mol. The number of nitrogens with zero attached hydrogens (tertiary/aromatic N) is 3. The van der Waals surface area contributed by atoms with Crippen molar-refractivity contribution in [3.63, 3.8) is 0 Å². The normalized spacial score (nSPS) is 14.9. The molecule has 1 aromatic carbocycles. The van der Waals surface area contributed by atoms with Gasteiger partial charge < -0.3 is 30.0 Å². The van der Waals surface area contributed by atoms with Gasteiger partial charge in [-0.3, -0.25) is 4.79 Å². The Hall–Kier alpha value is -2.85. The second-order valence-corrected chi connectivity index (χ2v) is 9.31. The highest BCUT2D eigenvalue weighted by atomic mass is 35.5. The van der Waals surface area contributed by atoms with E-state index >= 15 is 0 Å². The number of hydrogen-bond acceptors (Lipinski definition) is 7. The van der Waals surface area contributed by atoms with Crippen LogP contribution in [-0.2, 0) is 20.8 Å². The number of aromatic nitrogens is 3. The summed E-state index contributed by atoms with van der Waals surface area (Å²) in [5.41, 5.74) is 0.793. The van der Waals surface area contributed by atoms with E-state index in [1.807, 2.05) is 41.2 Å². The number of amides is 1. The van der Waals surface area contributed by atoms with Gasteiger partial charge in [0, 0.05) is 61.9 Å². The fourth-order valence-corrected chi connectivity index (χ4v) is 4.51. The van der Waals surface area contributed by atoms with E-state index in [0.717, 1.165) is 18.4 Å². The van der Waals surface area contributed by atoms with E-state index in [1.165, 1.54) is 0 Å². The summed E-state index contributed by atoms with van der Waals surface area (Å²) in [7, 11) is 1.64. The zero-order valence-corrected chi connectivity index (χ0v) is 21.6. The fraction of sp³-hybridized carbons (Fsp3) is 0.400. The minimum Gasteiger partial charge on any atom is -0.383 e. The first-order valence-electron chi connectivity index (χ1n) is 11.8. The molecule has 36 heavy (non-hydrogen) atoms. The average molecular weight is 533 g/mol. The summed E-state index contributed by atoms with van der Waals surface area (Å²) < 4.78 is 12.6. The zero-order chi connectivity index (χ0) is 25.3. The van der Waals surface area contributed by atoms with Crippen molar-refractivity contribution in [2.24, 2.45) is 5.92 Å². The predicted molar refractivity (Wildman–Crippen MR) is 141 cm³/mol. The van der Waals surface area contributed by atoms with E-state index in [0.29, 0.717) is 60.5 Å². The van der Waals surface area contributed by atoms with Gasteiger partial charge in [-0.2, -0.15) is 9.97 Å². The van der Waals surface area contributed by atoms with Crippen LogP contribution in [0.5, 0.6) is 0 Å². The van der Waals surface area contributed by atoms with Gasteiger partial charge in [0.2, 0.25) is 11.9 Å². The number of ether oxygens (including phenoxy) is 2. The third-order valence-electron chi connectivity index (χ3n) is 5.96. The molecule has 1 fully saturated rings. The molecule has 4 rings (SSSR count). The van der Waals surface area contributed by atoms with E-state index in [-0.39, 0.29) is 11.8 Å². The zero-order valence-electron chi connectivity index (χ0n) is 20.0. The summed E-state index contributed by atoms with van der Waals surface area (Å²) in [4.78, 5) is 22.7. The highest BCUT2D eigenvalue weighted by Gasteiger charge is 2.30. The summed E-state index contributed by atoms with van der Waals surface area (Å²) >= 11 is 12.3. The third kappa shape index (κ3) is 7.10. The number of methoxy groups -OCH3 is 1. The number of benzene rings is 1. The molecule has 0 aliphatic carbocycles. The summed E-state index contributed by atoms with van der Waals surface area (Å²) in [6.07, 6.45) is 5.34. The van der Waals surface area contributed by atoms with Crippen LogP contribution < -0.4 is 16.0 Å². The maximum absolute atomic E-state index is 13.4. The second kappa shape index (κ2) is 12.9. The van der Waals surface area contributed by atoms with Crippen molar-refractivity contribution < 1.29 is 14.3 Å². The van der Waals surface area contributed by atoms with E-state index in [2.05, 4.69) is 25.9 Å². The lowest BCUT2D eigenvalue weighted by molar-refractivity contribution is -0.123. The van der Waals surface area contributed by atoms with E-state index < -0.39 is 6.04 Å². The predicted octanol–water partition coefficient (Wildman–Crippen LogP) is 4.16. The molecular weight excluding hydrogens is 503 g/mol. The van der Waals surface area contributed by atoms with Crippen LogP contribution in [0.4, 0.5) is 11.8 Å². The van der Waals surface area contributed by atoms with Crippen LogP contribution in [-0.4, -0.2) is 60.0 Å². The Morgan fingerprint density at radius 2 is 1.97 bits per heavy atom. The molecular formula is C25H30Cl2N6O3. The van der Waals surface area contributed by atoms with Crippen molar-refractivity contribution in [2.45, 2.75) is 25.4 Å². The molecule has 0 bridgehead atoms. The van der Waals surface area contributed by atoms with Crippen molar-refractivity contribution in [1.29, 1.82) is 0 Å². The number of nitrogens with one attached hydrogen (secondary N) is 3. The summed E-state index contributed by atoms with van der Waals surface area (Å²) in [5.74, 6) is 1.61. The molecule has 1 atom stereocenters. The lowest BCUT2D eigenvalue weighted by Gasteiger charge is -2.30. The molecule has 1 saturated heterocycles. The minimum atomic E-state index is -0.515. The molecule has 9 nitrogen and oxygen atoms in total. The van der Waals surface area contributed by atoms with Gasteiger partial charge in [0.25, 0.3) is 0 Å². The Morgan fingerprint density at radius 1 is 1.19 bits per heavy atom. The van der Waals surface area contributed by atoms with Gasteiger partial charge >= 0.3 is 0 Å². The van der Waals surface area contributed by atoms with Crippen LogP contribution in [0.15, 0.2) is 48.8 Å². The summed E-state index contributed by atoms with van der Waals surface area (Å²) in [5, 5.41) is 10.7. The highest BCUT2D eigenvalue weighted by molar-refractivity contribution is 6.35. The van der Waals surface area contributed by atoms with E-state index in [1.54, 1.807) is 19.2 Å². The van der Waals surface area contributed by atoms with Crippen molar-refractivity contribution in [3.8, 4) is 5.82 Å². The third-order valence-corrected chi connectivity index (χ3v) is 6.55. The number of carbonyl (C=O) groups is 1. The molecule has 1 unspecified atom stereocenters. The van der Waals surface area contributed by atoms with Crippen LogP contribution >= 0.6 is 23.2 Å². The van der Waals surface area contributed by atoms with Gasteiger partial charge in [0.15, 0.2) is 0 Å². The van der Waals surface area contributed by atoms with Crippen molar-refractivity contribution in [1.82, 2.24) is 19.9 Å². The fourth-order valence-electron chi connectivity index (χ4n) is 4.04. The SMILES string of the molecule is COCCNc1nc(NC(C(=O)NCc2ccc(Cl)cc2Cl)C2CCOCC2)cc(-n2cccc2)n1. The Labute approximate surface area is 220 Å². The molecule has 3 N–H and O–H groups in total. The van der Waals surface area contributed by atoms with Gasteiger partial charge in [-0.25, -0.2) is 0 Å². The molecule has 3 heterocycles. The quantitative estimate of drug-likeness (QED) is 0.318. The molecule has 1 amide bonds. The lowest BCUT2D eigenvalue weighted by atomic mass is 9.91. The largest absolute Gasteiger partial charge is 0.383 e. The molecule has 3 aromatic rings. The smallest absolute Gasteiger partial charge is 0.243 e.